The highest BCUT2D eigenvalue weighted by Crippen LogP contribution is 2.61. The zero-order chi connectivity index (χ0) is 31.9. The molecule has 42 heavy (non-hydrogen) atoms. The third-order valence-electron chi connectivity index (χ3n) is 9.48. The van der Waals surface area contributed by atoms with E-state index in [0.717, 1.165) is 0 Å². The van der Waals surface area contributed by atoms with Crippen molar-refractivity contribution in [2.45, 2.75) is 112 Å². The smallest absolute Gasteiger partial charge is 0.303 e. The summed E-state index contributed by atoms with van der Waals surface area (Å²) in [6.45, 7) is 12.7. The third kappa shape index (κ3) is 6.06. The molecule has 0 radical (unpaired) electrons. The van der Waals surface area contributed by atoms with Gasteiger partial charge in [0.15, 0.2) is 12.2 Å². The molecule has 0 aromatic heterocycles. The molecule has 2 fully saturated rings. The van der Waals surface area contributed by atoms with E-state index in [9.17, 15) is 34.2 Å². The fraction of sp³-hybridized carbons (Fsp3) is 0.767. The number of esters is 5. The molecule has 10 atom stereocenters. The van der Waals surface area contributed by atoms with Crippen LogP contribution in [0.4, 0.5) is 0 Å². The maximum absolute atomic E-state index is 12.7. The quantitative estimate of drug-likeness (QED) is 0.260. The predicted octanol–water partition coefficient (Wildman–Crippen LogP) is 2.02. The molecule has 3 aliphatic rings. The van der Waals surface area contributed by atoms with Gasteiger partial charge in [0.1, 0.15) is 18.3 Å². The van der Waals surface area contributed by atoms with Gasteiger partial charge in [-0.1, -0.05) is 20.8 Å². The lowest BCUT2D eigenvalue weighted by atomic mass is 9.47. The lowest BCUT2D eigenvalue weighted by Gasteiger charge is -2.62. The second-order valence-electron chi connectivity index (χ2n) is 12.5. The van der Waals surface area contributed by atoms with Crippen molar-refractivity contribution in [1.82, 2.24) is 0 Å². The molecule has 3 rings (SSSR count). The zero-order valence-electron chi connectivity index (χ0n) is 25.8. The Bertz CT molecular complexity index is 1140. The Labute approximate surface area is 246 Å². The van der Waals surface area contributed by atoms with E-state index in [0.29, 0.717) is 11.1 Å². The summed E-state index contributed by atoms with van der Waals surface area (Å²) < 4.78 is 29.0. The van der Waals surface area contributed by atoms with E-state index in [1.165, 1.54) is 34.6 Å². The second kappa shape index (κ2) is 12.3. The molecule has 0 saturated heterocycles. The normalized spacial score (nSPS) is 37.3. The molecular formula is C30H44O12. The Hall–Kier alpha value is -2.99. The Morgan fingerprint density at radius 2 is 1.31 bits per heavy atom. The first-order valence-electron chi connectivity index (χ1n) is 14.2. The van der Waals surface area contributed by atoms with Gasteiger partial charge < -0.3 is 33.9 Å². The van der Waals surface area contributed by atoms with Crippen molar-refractivity contribution in [2.75, 3.05) is 6.61 Å². The van der Waals surface area contributed by atoms with E-state index in [1.54, 1.807) is 13.8 Å². The Kier molecular flexibility index (Phi) is 9.83. The number of ether oxygens (including phenoxy) is 5. The number of aliphatic hydroxyl groups excluding tert-OH is 2. The zero-order valence-corrected chi connectivity index (χ0v) is 25.8. The molecular weight excluding hydrogens is 552 g/mol. The molecule has 12 heteroatoms. The molecule has 2 N–H and O–H groups in total. The Morgan fingerprint density at radius 3 is 1.79 bits per heavy atom. The van der Waals surface area contributed by atoms with E-state index in [-0.39, 0.29) is 12.8 Å². The topological polar surface area (TPSA) is 172 Å². The number of aliphatic hydroxyl groups is 2. The van der Waals surface area contributed by atoms with Crippen LogP contribution in [0.15, 0.2) is 11.1 Å². The van der Waals surface area contributed by atoms with Gasteiger partial charge >= 0.3 is 29.8 Å². The fourth-order valence-corrected chi connectivity index (χ4v) is 7.97. The molecule has 0 aromatic carbocycles. The van der Waals surface area contributed by atoms with E-state index in [4.69, 9.17) is 23.7 Å². The van der Waals surface area contributed by atoms with Crippen LogP contribution in [0.5, 0.6) is 0 Å². The molecule has 0 spiro atoms. The maximum atomic E-state index is 12.7. The SMILES string of the molecule is CC(=O)OC1CC2C(O)C3C(CO)C(OC(C)=O)CC(OC(C)=O)C3(C)C(OC(C)=O)C(OC(C)=O)C(=C1C)C2(C)C. The molecule has 0 heterocycles. The summed E-state index contributed by atoms with van der Waals surface area (Å²) >= 11 is 0. The molecule has 12 nitrogen and oxygen atoms in total. The van der Waals surface area contributed by atoms with Gasteiger partial charge in [0.2, 0.25) is 0 Å². The van der Waals surface area contributed by atoms with Crippen molar-refractivity contribution in [3.63, 3.8) is 0 Å². The highest BCUT2D eigenvalue weighted by atomic mass is 16.6. The average molecular weight is 597 g/mol. The Morgan fingerprint density at radius 1 is 0.786 bits per heavy atom. The number of carbonyl (C=O) groups excluding carboxylic acids is 5. The number of rotatable bonds is 6. The van der Waals surface area contributed by atoms with Crippen LogP contribution in [-0.2, 0) is 47.7 Å². The van der Waals surface area contributed by atoms with Crippen LogP contribution >= 0.6 is 0 Å². The van der Waals surface area contributed by atoms with Crippen molar-refractivity contribution in [3.05, 3.63) is 11.1 Å². The summed E-state index contributed by atoms with van der Waals surface area (Å²) in [6.07, 6.45) is -6.61. The summed E-state index contributed by atoms with van der Waals surface area (Å²) in [5.41, 5.74) is -1.28. The number of hydrogen-bond donors (Lipinski definition) is 2. The first-order chi connectivity index (χ1) is 19.4. The van der Waals surface area contributed by atoms with Crippen LogP contribution in [0.2, 0.25) is 0 Å². The largest absolute Gasteiger partial charge is 0.462 e. The molecule has 2 saturated carbocycles. The van der Waals surface area contributed by atoms with Crippen molar-refractivity contribution in [2.24, 2.45) is 28.6 Å². The minimum atomic E-state index is -1.46. The van der Waals surface area contributed by atoms with Crippen LogP contribution in [-0.4, -0.2) is 83.3 Å². The van der Waals surface area contributed by atoms with Gasteiger partial charge in [-0.15, -0.1) is 0 Å². The summed E-state index contributed by atoms with van der Waals surface area (Å²) in [5.74, 6) is -5.82. The van der Waals surface area contributed by atoms with Gasteiger partial charge in [0.05, 0.1) is 11.5 Å². The fourth-order valence-electron chi connectivity index (χ4n) is 7.97. The van der Waals surface area contributed by atoms with Gasteiger partial charge in [-0.2, -0.15) is 0 Å². The van der Waals surface area contributed by atoms with Crippen molar-refractivity contribution in [1.29, 1.82) is 0 Å². The minimum Gasteiger partial charge on any atom is -0.462 e. The highest BCUT2D eigenvalue weighted by Gasteiger charge is 2.68. The first-order valence-corrected chi connectivity index (χ1v) is 14.2. The van der Waals surface area contributed by atoms with Crippen LogP contribution in [0.25, 0.3) is 0 Å². The lowest BCUT2D eigenvalue weighted by Crippen LogP contribution is -2.70. The van der Waals surface area contributed by atoms with Gasteiger partial charge in [-0.3, -0.25) is 24.0 Å². The monoisotopic (exact) mass is 596 g/mol. The molecule has 2 bridgehead atoms. The lowest BCUT2D eigenvalue weighted by molar-refractivity contribution is -0.255. The van der Waals surface area contributed by atoms with Crippen LogP contribution < -0.4 is 0 Å². The predicted molar refractivity (Wildman–Crippen MR) is 145 cm³/mol. The highest BCUT2D eigenvalue weighted by molar-refractivity contribution is 5.69. The summed E-state index contributed by atoms with van der Waals surface area (Å²) in [4.78, 5) is 62.1. The van der Waals surface area contributed by atoms with Gasteiger partial charge in [0, 0.05) is 59.5 Å². The van der Waals surface area contributed by atoms with Crippen molar-refractivity contribution < 1.29 is 57.9 Å². The van der Waals surface area contributed by atoms with Crippen LogP contribution in [0.3, 0.4) is 0 Å². The van der Waals surface area contributed by atoms with E-state index in [1.807, 2.05) is 13.8 Å². The first kappa shape index (κ1) is 33.5. The minimum absolute atomic E-state index is 0.0726. The number of carbonyl (C=O) groups is 5. The van der Waals surface area contributed by atoms with E-state index < -0.39 is 102 Å². The molecule has 0 aliphatic heterocycles. The number of hydrogen-bond acceptors (Lipinski definition) is 12. The molecule has 3 aliphatic carbocycles. The second-order valence-corrected chi connectivity index (χ2v) is 12.5. The van der Waals surface area contributed by atoms with Crippen molar-refractivity contribution in [3.8, 4) is 0 Å². The van der Waals surface area contributed by atoms with E-state index >= 15 is 0 Å². The van der Waals surface area contributed by atoms with Gasteiger partial charge in [0.25, 0.3) is 0 Å². The van der Waals surface area contributed by atoms with Crippen molar-refractivity contribution >= 4 is 29.8 Å². The molecule has 0 amide bonds. The molecule has 10 unspecified atom stereocenters. The summed E-state index contributed by atoms with van der Waals surface area (Å²) in [5, 5.41) is 23.1. The average Bonchev–Trinajstić information content (AvgIpc) is 2.83. The molecule has 236 valence electrons. The standard InChI is InChI=1S/C30H44O12/c1-13-21(38-14(2)32)10-20-26(37)25-19(12-31)22(39-15(3)33)11-23(40-16(4)34)30(25,9)28(42-18(6)36)27(41-17(5)35)24(13)29(20,7)8/h19-23,25-28,31,37H,10-12H2,1-9H3. The van der Waals surface area contributed by atoms with Crippen LogP contribution in [0, 0.1) is 28.6 Å². The summed E-state index contributed by atoms with van der Waals surface area (Å²) in [7, 11) is 0. The summed E-state index contributed by atoms with van der Waals surface area (Å²) in [6, 6.07) is 0. The van der Waals surface area contributed by atoms with Gasteiger partial charge in [-0.25, -0.2) is 0 Å². The van der Waals surface area contributed by atoms with Gasteiger partial charge in [-0.05, 0) is 35.8 Å². The maximum Gasteiger partial charge on any atom is 0.303 e. The molecule has 0 aromatic rings. The Balaban J connectivity index is 2.47. The third-order valence-corrected chi connectivity index (χ3v) is 9.48. The number of fused-ring (bicyclic) bond motifs is 3. The van der Waals surface area contributed by atoms with Crippen LogP contribution in [0.1, 0.15) is 75.2 Å². The van der Waals surface area contributed by atoms with E-state index in [2.05, 4.69) is 0 Å².